The van der Waals surface area contributed by atoms with E-state index in [1.807, 2.05) is 19.1 Å². The summed E-state index contributed by atoms with van der Waals surface area (Å²) < 4.78 is 0. The fourth-order valence-corrected chi connectivity index (χ4v) is 1.76. The topological polar surface area (TPSA) is 57.5 Å². The van der Waals surface area contributed by atoms with E-state index in [0.29, 0.717) is 18.6 Å². The number of rotatable bonds is 5. The maximum absolute atomic E-state index is 10.4. The van der Waals surface area contributed by atoms with E-state index in [1.54, 1.807) is 0 Å². The van der Waals surface area contributed by atoms with Gasteiger partial charge >= 0.3 is 5.97 Å². The first kappa shape index (κ1) is 12.6. The number of aryl methyl sites for hydroxylation is 3. The van der Waals surface area contributed by atoms with Crippen molar-refractivity contribution in [2.24, 2.45) is 0 Å². The summed E-state index contributed by atoms with van der Waals surface area (Å²) in [5.41, 5.74) is 2.91. The first-order valence-electron chi connectivity index (χ1n) is 5.57. The van der Waals surface area contributed by atoms with Crippen LogP contribution in [-0.4, -0.2) is 16.2 Å². The number of aromatic hydroxyl groups is 1. The SMILES string of the molecule is CCc1cc(C)c(O)c(CCCC(=O)O)c1. The Bertz CT molecular complexity index is 383. The summed E-state index contributed by atoms with van der Waals surface area (Å²) in [7, 11) is 0. The van der Waals surface area contributed by atoms with Crippen LogP contribution in [0.5, 0.6) is 5.75 Å². The lowest BCUT2D eigenvalue weighted by Gasteiger charge is -2.09. The highest BCUT2D eigenvalue weighted by molar-refractivity contribution is 5.66. The summed E-state index contributed by atoms with van der Waals surface area (Å²) in [4.78, 5) is 10.4. The van der Waals surface area contributed by atoms with Crippen molar-refractivity contribution in [3.8, 4) is 5.75 Å². The minimum atomic E-state index is -0.789. The van der Waals surface area contributed by atoms with Crippen molar-refractivity contribution in [2.45, 2.75) is 39.5 Å². The van der Waals surface area contributed by atoms with E-state index in [4.69, 9.17) is 5.11 Å². The van der Waals surface area contributed by atoms with E-state index in [1.165, 1.54) is 5.56 Å². The molecule has 1 aromatic rings. The lowest BCUT2D eigenvalue weighted by molar-refractivity contribution is -0.137. The number of carboxylic acid groups (broad SMARTS) is 1. The standard InChI is InChI=1S/C13H18O3/c1-3-10-7-9(2)13(16)11(8-10)5-4-6-12(14)15/h7-8,16H,3-6H2,1-2H3,(H,14,15). The van der Waals surface area contributed by atoms with Gasteiger partial charge in [0.25, 0.3) is 0 Å². The number of phenols is 1. The van der Waals surface area contributed by atoms with Crippen molar-refractivity contribution in [2.75, 3.05) is 0 Å². The Kier molecular flexibility index (Phi) is 4.35. The van der Waals surface area contributed by atoms with Crippen LogP contribution in [0.1, 0.15) is 36.5 Å². The molecule has 0 aromatic heterocycles. The molecule has 16 heavy (non-hydrogen) atoms. The molecule has 2 N–H and O–H groups in total. The lowest BCUT2D eigenvalue weighted by Crippen LogP contribution is -1.97. The minimum Gasteiger partial charge on any atom is -0.507 e. The van der Waals surface area contributed by atoms with Crippen LogP contribution in [0.15, 0.2) is 12.1 Å². The summed E-state index contributed by atoms with van der Waals surface area (Å²) in [6, 6.07) is 3.93. The van der Waals surface area contributed by atoms with Crippen molar-refractivity contribution >= 4 is 5.97 Å². The van der Waals surface area contributed by atoms with Crippen LogP contribution in [0.4, 0.5) is 0 Å². The monoisotopic (exact) mass is 222 g/mol. The number of hydrogen-bond donors (Lipinski definition) is 2. The molecule has 0 fully saturated rings. The zero-order chi connectivity index (χ0) is 12.1. The van der Waals surface area contributed by atoms with Gasteiger partial charge in [-0.25, -0.2) is 0 Å². The summed E-state index contributed by atoms with van der Waals surface area (Å²) >= 11 is 0. The van der Waals surface area contributed by atoms with Crippen molar-refractivity contribution in [3.05, 3.63) is 28.8 Å². The number of benzene rings is 1. The molecule has 88 valence electrons. The predicted molar refractivity (Wildman–Crippen MR) is 62.8 cm³/mol. The van der Waals surface area contributed by atoms with Crippen molar-refractivity contribution < 1.29 is 15.0 Å². The fraction of sp³-hybridized carbons (Fsp3) is 0.462. The van der Waals surface area contributed by atoms with Crippen molar-refractivity contribution in [1.82, 2.24) is 0 Å². The Labute approximate surface area is 95.7 Å². The number of carboxylic acids is 1. The molecule has 0 bridgehead atoms. The van der Waals surface area contributed by atoms with Gasteiger partial charge < -0.3 is 10.2 Å². The summed E-state index contributed by atoms with van der Waals surface area (Å²) in [5, 5.41) is 18.4. The van der Waals surface area contributed by atoms with Crippen LogP contribution < -0.4 is 0 Å². The largest absolute Gasteiger partial charge is 0.507 e. The van der Waals surface area contributed by atoms with Gasteiger partial charge in [0, 0.05) is 6.42 Å². The average Bonchev–Trinajstić information content (AvgIpc) is 2.23. The molecule has 3 nitrogen and oxygen atoms in total. The smallest absolute Gasteiger partial charge is 0.303 e. The Hall–Kier alpha value is -1.51. The predicted octanol–water partition coefficient (Wildman–Crippen LogP) is 2.67. The number of hydrogen-bond acceptors (Lipinski definition) is 2. The van der Waals surface area contributed by atoms with Gasteiger partial charge in [-0.2, -0.15) is 0 Å². The highest BCUT2D eigenvalue weighted by atomic mass is 16.4. The van der Waals surface area contributed by atoms with Gasteiger partial charge in [-0.1, -0.05) is 19.1 Å². The van der Waals surface area contributed by atoms with E-state index in [2.05, 4.69) is 6.92 Å². The Balaban J connectivity index is 2.78. The normalized spacial score (nSPS) is 10.4. The zero-order valence-corrected chi connectivity index (χ0v) is 9.79. The molecule has 0 unspecified atom stereocenters. The summed E-state index contributed by atoms with van der Waals surface area (Å²) in [6.07, 6.45) is 2.25. The third kappa shape index (κ3) is 3.26. The lowest BCUT2D eigenvalue weighted by atomic mass is 9.99. The highest BCUT2D eigenvalue weighted by Gasteiger charge is 2.07. The van der Waals surface area contributed by atoms with Crippen LogP contribution in [0, 0.1) is 6.92 Å². The quantitative estimate of drug-likeness (QED) is 0.805. The van der Waals surface area contributed by atoms with E-state index in [9.17, 15) is 9.90 Å². The highest BCUT2D eigenvalue weighted by Crippen LogP contribution is 2.25. The molecule has 3 heteroatoms. The molecule has 0 heterocycles. The van der Waals surface area contributed by atoms with Crippen molar-refractivity contribution in [1.29, 1.82) is 0 Å². The van der Waals surface area contributed by atoms with Gasteiger partial charge in [0.2, 0.25) is 0 Å². The molecule has 1 aromatic carbocycles. The van der Waals surface area contributed by atoms with E-state index in [-0.39, 0.29) is 6.42 Å². The summed E-state index contributed by atoms with van der Waals surface area (Å²) in [6.45, 7) is 3.93. The maximum atomic E-state index is 10.4. The summed E-state index contributed by atoms with van der Waals surface area (Å²) in [5.74, 6) is -0.481. The number of carbonyl (C=O) groups is 1. The second-order valence-electron chi connectivity index (χ2n) is 4.02. The van der Waals surface area contributed by atoms with Gasteiger partial charge in [-0.3, -0.25) is 4.79 Å². The van der Waals surface area contributed by atoms with E-state index < -0.39 is 5.97 Å². The third-order valence-corrected chi connectivity index (χ3v) is 2.68. The van der Waals surface area contributed by atoms with Crippen molar-refractivity contribution in [3.63, 3.8) is 0 Å². The Morgan fingerprint density at radius 1 is 1.38 bits per heavy atom. The zero-order valence-electron chi connectivity index (χ0n) is 9.79. The molecule has 1 rings (SSSR count). The van der Waals surface area contributed by atoms with E-state index in [0.717, 1.165) is 17.5 Å². The first-order valence-corrected chi connectivity index (χ1v) is 5.57. The van der Waals surface area contributed by atoms with Gasteiger partial charge in [0.05, 0.1) is 0 Å². The molecular weight excluding hydrogens is 204 g/mol. The number of aliphatic carboxylic acids is 1. The van der Waals surface area contributed by atoms with Gasteiger partial charge in [-0.15, -0.1) is 0 Å². The van der Waals surface area contributed by atoms with Gasteiger partial charge in [0.1, 0.15) is 5.75 Å². The molecule has 0 spiro atoms. The minimum absolute atomic E-state index is 0.148. The molecule has 0 aliphatic carbocycles. The maximum Gasteiger partial charge on any atom is 0.303 e. The molecule has 0 saturated heterocycles. The second-order valence-corrected chi connectivity index (χ2v) is 4.02. The average molecular weight is 222 g/mol. The molecule has 0 radical (unpaired) electrons. The van der Waals surface area contributed by atoms with Crippen LogP contribution in [0.2, 0.25) is 0 Å². The molecule has 0 aliphatic heterocycles. The van der Waals surface area contributed by atoms with Crippen LogP contribution in [0.25, 0.3) is 0 Å². The Morgan fingerprint density at radius 2 is 2.06 bits per heavy atom. The molecule has 0 amide bonds. The van der Waals surface area contributed by atoms with Gasteiger partial charge in [-0.05, 0) is 42.9 Å². The first-order chi connectivity index (χ1) is 7.54. The molecule has 0 atom stereocenters. The van der Waals surface area contributed by atoms with Gasteiger partial charge in [0.15, 0.2) is 0 Å². The van der Waals surface area contributed by atoms with Crippen LogP contribution in [0.3, 0.4) is 0 Å². The fourth-order valence-electron chi connectivity index (χ4n) is 1.76. The van der Waals surface area contributed by atoms with Crippen LogP contribution >= 0.6 is 0 Å². The molecule has 0 aliphatic rings. The number of phenolic OH excluding ortho intramolecular Hbond substituents is 1. The van der Waals surface area contributed by atoms with E-state index >= 15 is 0 Å². The molecule has 0 saturated carbocycles. The second kappa shape index (κ2) is 5.54. The molecular formula is C13H18O3. The van der Waals surface area contributed by atoms with Crippen LogP contribution in [-0.2, 0) is 17.6 Å². The Morgan fingerprint density at radius 3 is 2.62 bits per heavy atom. The third-order valence-electron chi connectivity index (χ3n) is 2.68.